The third-order valence-electron chi connectivity index (χ3n) is 7.92. The van der Waals surface area contributed by atoms with E-state index in [1.165, 1.54) is 5.06 Å². The Morgan fingerprint density at radius 2 is 2.12 bits per heavy atom. The lowest BCUT2D eigenvalue weighted by Crippen LogP contribution is -2.59. The van der Waals surface area contributed by atoms with Gasteiger partial charge in [-0.2, -0.15) is 0 Å². The van der Waals surface area contributed by atoms with Crippen LogP contribution in [0.15, 0.2) is 29.8 Å². The van der Waals surface area contributed by atoms with Crippen LogP contribution >= 0.6 is 11.6 Å². The maximum absolute atomic E-state index is 13.3. The SMILES string of the molecule is CC1=CC2CCCC(C)C2(O)C(OC(=O)[C@@H]2C[C@@]3(O)c4cccc(Cl)c4N(C)O[C@H]3N2)C1. The highest BCUT2D eigenvalue weighted by Crippen LogP contribution is 2.49. The molecule has 2 fully saturated rings. The number of benzene rings is 1. The fraction of sp³-hybridized carbons (Fsp3) is 0.625. The first-order chi connectivity index (χ1) is 15.1. The number of ether oxygens (including phenoxy) is 1. The molecule has 1 saturated carbocycles. The average Bonchev–Trinajstić information content (AvgIpc) is 3.08. The van der Waals surface area contributed by atoms with E-state index in [0.717, 1.165) is 24.8 Å². The zero-order chi connectivity index (χ0) is 22.8. The molecule has 1 aromatic rings. The molecule has 1 saturated heterocycles. The molecule has 2 aliphatic heterocycles. The summed E-state index contributed by atoms with van der Waals surface area (Å²) in [5.74, 6) is -0.447. The van der Waals surface area contributed by atoms with Gasteiger partial charge < -0.3 is 14.9 Å². The Kier molecular flexibility index (Phi) is 5.34. The van der Waals surface area contributed by atoms with Crippen molar-refractivity contribution >= 4 is 23.3 Å². The molecular weight excluding hydrogens is 432 g/mol. The summed E-state index contributed by atoms with van der Waals surface area (Å²) in [6.07, 6.45) is 4.21. The molecule has 8 heteroatoms. The molecule has 7 nitrogen and oxygen atoms in total. The standard InChI is InChI=1S/C24H31ClN2O5/c1-13-10-15-7-4-6-14(2)24(15,30)19(11-13)31-21(28)18-12-23(29)16-8-5-9-17(25)20(16)27(3)32-22(23)26-18/h5,8-10,14-15,18-19,22,26,29-30H,4,6-7,11-12H2,1-3H3/t14?,15?,18-,19?,22+,23+,24?/m0/s1. The molecule has 3 N–H and O–H groups in total. The summed E-state index contributed by atoms with van der Waals surface area (Å²) in [4.78, 5) is 19.1. The number of aliphatic hydroxyl groups is 2. The highest BCUT2D eigenvalue weighted by atomic mass is 35.5. The summed E-state index contributed by atoms with van der Waals surface area (Å²) >= 11 is 6.35. The minimum atomic E-state index is -1.42. The summed E-state index contributed by atoms with van der Waals surface area (Å²) < 4.78 is 5.98. The predicted molar refractivity (Wildman–Crippen MR) is 120 cm³/mol. The molecule has 0 bridgehead atoms. The van der Waals surface area contributed by atoms with E-state index in [1.54, 1.807) is 25.2 Å². The minimum Gasteiger partial charge on any atom is -0.458 e. The number of anilines is 1. The first kappa shape index (κ1) is 22.2. The Morgan fingerprint density at radius 1 is 1.34 bits per heavy atom. The number of halogens is 1. The second-order valence-electron chi connectivity index (χ2n) is 9.93. The first-order valence-corrected chi connectivity index (χ1v) is 11.8. The first-order valence-electron chi connectivity index (χ1n) is 11.4. The van der Waals surface area contributed by atoms with Crippen molar-refractivity contribution in [2.75, 3.05) is 12.1 Å². The maximum atomic E-state index is 13.3. The van der Waals surface area contributed by atoms with Gasteiger partial charge in [0.25, 0.3) is 0 Å². The molecule has 174 valence electrons. The second-order valence-corrected chi connectivity index (χ2v) is 10.3. The number of hydrogen-bond acceptors (Lipinski definition) is 7. The number of nitrogens with zero attached hydrogens (tertiary/aromatic N) is 1. The molecule has 32 heavy (non-hydrogen) atoms. The monoisotopic (exact) mass is 462 g/mol. The molecule has 0 aromatic heterocycles. The molecule has 4 unspecified atom stereocenters. The quantitative estimate of drug-likeness (QED) is 0.459. The van der Waals surface area contributed by atoms with Crippen LogP contribution in [-0.2, 0) is 20.0 Å². The number of esters is 1. The van der Waals surface area contributed by atoms with Gasteiger partial charge in [-0.3, -0.25) is 20.0 Å². The highest BCUT2D eigenvalue weighted by molar-refractivity contribution is 6.33. The van der Waals surface area contributed by atoms with Crippen LogP contribution in [0.4, 0.5) is 5.69 Å². The van der Waals surface area contributed by atoms with Crippen molar-refractivity contribution in [3.63, 3.8) is 0 Å². The van der Waals surface area contributed by atoms with Crippen LogP contribution in [0.2, 0.25) is 5.02 Å². The van der Waals surface area contributed by atoms with Crippen molar-refractivity contribution < 1.29 is 24.6 Å². The van der Waals surface area contributed by atoms with E-state index >= 15 is 0 Å². The third-order valence-corrected chi connectivity index (χ3v) is 8.23. The maximum Gasteiger partial charge on any atom is 0.323 e. The molecule has 7 atom stereocenters. The number of hydroxylamine groups is 1. The van der Waals surface area contributed by atoms with Gasteiger partial charge in [-0.1, -0.05) is 48.7 Å². The van der Waals surface area contributed by atoms with Gasteiger partial charge in [0.1, 0.15) is 23.3 Å². The van der Waals surface area contributed by atoms with Crippen molar-refractivity contribution in [3.8, 4) is 0 Å². The Morgan fingerprint density at radius 3 is 2.91 bits per heavy atom. The van der Waals surface area contributed by atoms with Crippen LogP contribution in [0, 0.1) is 11.8 Å². The van der Waals surface area contributed by atoms with E-state index in [2.05, 4.69) is 11.4 Å². The van der Waals surface area contributed by atoms with Gasteiger partial charge in [0, 0.05) is 31.4 Å². The van der Waals surface area contributed by atoms with Crippen molar-refractivity contribution in [2.45, 2.75) is 75.5 Å². The molecule has 0 radical (unpaired) electrons. The van der Waals surface area contributed by atoms with Crippen LogP contribution in [0.3, 0.4) is 0 Å². The van der Waals surface area contributed by atoms with E-state index in [0.29, 0.717) is 22.7 Å². The number of para-hydroxylation sites is 1. The number of nitrogens with one attached hydrogen (secondary N) is 1. The summed E-state index contributed by atoms with van der Waals surface area (Å²) in [6, 6.07) is 4.54. The fourth-order valence-corrected chi connectivity index (χ4v) is 6.48. The molecule has 0 spiro atoms. The van der Waals surface area contributed by atoms with Crippen LogP contribution in [0.5, 0.6) is 0 Å². The zero-order valence-electron chi connectivity index (χ0n) is 18.7. The van der Waals surface area contributed by atoms with Crippen LogP contribution in [0.1, 0.15) is 51.5 Å². The molecule has 1 aromatic carbocycles. The molecule has 0 amide bonds. The molecular formula is C24H31ClN2O5. The van der Waals surface area contributed by atoms with Crippen molar-refractivity contribution in [3.05, 3.63) is 40.4 Å². The molecule has 5 rings (SSSR count). The smallest absolute Gasteiger partial charge is 0.323 e. The summed E-state index contributed by atoms with van der Waals surface area (Å²) in [5.41, 5.74) is -0.151. The zero-order valence-corrected chi connectivity index (χ0v) is 19.4. The van der Waals surface area contributed by atoms with E-state index in [4.69, 9.17) is 21.2 Å². The largest absolute Gasteiger partial charge is 0.458 e. The Bertz CT molecular complexity index is 970. The van der Waals surface area contributed by atoms with E-state index in [1.807, 2.05) is 13.8 Å². The van der Waals surface area contributed by atoms with E-state index < -0.39 is 35.5 Å². The third kappa shape index (κ3) is 3.21. The lowest BCUT2D eigenvalue weighted by atomic mass is 9.62. The highest BCUT2D eigenvalue weighted by Gasteiger charge is 2.57. The number of carbonyl (C=O) groups is 1. The van der Waals surface area contributed by atoms with Gasteiger partial charge in [-0.15, -0.1) is 0 Å². The summed E-state index contributed by atoms with van der Waals surface area (Å²) in [7, 11) is 1.72. The second kappa shape index (κ2) is 7.71. The van der Waals surface area contributed by atoms with E-state index in [9.17, 15) is 15.0 Å². The van der Waals surface area contributed by atoms with Gasteiger partial charge in [0.05, 0.1) is 10.7 Å². The Hall–Kier alpha value is -1.64. The average molecular weight is 463 g/mol. The number of hydrogen-bond donors (Lipinski definition) is 3. The summed E-state index contributed by atoms with van der Waals surface area (Å²) in [5, 5.41) is 28.2. The molecule has 4 aliphatic rings. The number of rotatable bonds is 2. The fourth-order valence-electron chi connectivity index (χ4n) is 6.18. The van der Waals surface area contributed by atoms with Crippen molar-refractivity contribution in [1.29, 1.82) is 0 Å². The van der Waals surface area contributed by atoms with Crippen LogP contribution in [-0.4, -0.2) is 47.2 Å². The van der Waals surface area contributed by atoms with Crippen molar-refractivity contribution in [1.82, 2.24) is 5.32 Å². The lowest BCUT2D eigenvalue weighted by Gasteiger charge is -2.50. The lowest BCUT2D eigenvalue weighted by molar-refractivity contribution is -0.192. The van der Waals surface area contributed by atoms with Crippen LogP contribution < -0.4 is 10.4 Å². The Labute approximate surface area is 193 Å². The van der Waals surface area contributed by atoms with Gasteiger partial charge in [-0.25, -0.2) is 0 Å². The van der Waals surface area contributed by atoms with Crippen molar-refractivity contribution in [2.24, 2.45) is 11.8 Å². The van der Waals surface area contributed by atoms with Gasteiger partial charge in [0.15, 0.2) is 6.23 Å². The van der Waals surface area contributed by atoms with Crippen LogP contribution in [0.25, 0.3) is 0 Å². The number of carbonyl (C=O) groups excluding carboxylic acids is 1. The minimum absolute atomic E-state index is 0.00731. The van der Waals surface area contributed by atoms with Gasteiger partial charge in [0.2, 0.25) is 0 Å². The van der Waals surface area contributed by atoms with Gasteiger partial charge >= 0.3 is 5.97 Å². The topological polar surface area (TPSA) is 91.3 Å². The number of fused-ring (bicyclic) bond motifs is 4. The predicted octanol–water partition coefficient (Wildman–Crippen LogP) is 3.03. The van der Waals surface area contributed by atoms with E-state index in [-0.39, 0.29) is 18.3 Å². The normalized spacial score (nSPS) is 40.8. The van der Waals surface area contributed by atoms with Gasteiger partial charge in [-0.05, 0) is 31.7 Å². The molecule has 2 heterocycles. The summed E-state index contributed by atoms with van der Waals surface area (Å²) in [6.45, 7) is 4.06. The molecule has 2 aliphatic carbocycles. The Balaban J connectivity index is 1.38.